The molecule has 0 bridgehead atoms. The minimum Gasteiger partial charge on any atom is -0.300 e. The highest BCUT2D eigenvalue weighted by Gasteiger charge is 2.21. The number of hydrogen-bond donors (Lipinski definition) is 1. The van der Waals surface area contributed by atoms with Gasteiger partial charge in [0.15, 0.2) is 0 Å². The molecule has 1 N–H and O–H groups in total. The Morgan fingerprint density at radius 1 is 1.44 bits per heavy atom. The van der Waals surface area contributed by atoms with Crippen LogP contribution in [0.2, 0.25) is 0 Å². The average molecular weight is 262 g/mol. The van der Waals surface area contributed by atoms with E-state index in [9.17, 15) is 5.26 Å². The Morgan fingerprint density at radius 3 is 2.83 bits per heavy atom. The summed E-state index contributed by atoms with van der Waals surface area (Å²) in [5.74, 6) is 0.963. The van der Waals surface area contributed by atoms with E-state index in [4.69, 9.17) is 0 Å². The normalized spacial score (nSPS) is 13.9. The van der Waals surface area contributed by atoms with Crippen LogP contribution in [-0.2, 0) is 0 Å². The molecule has 1 unspecified atom stereocenters. The van der Waals surface area contributed by atoms with Crippen LogP contribution in [0.5, 0.6) is 0 Å². The largest absolute Gasteiger partial charge is 0.300 e. The Hall–Kier alpha value is -0.980. The summed E-state index contributed by atoms with van der Waals surface area (Å²) in [5, 5.41) is 12.6. The third kappa shape index (κ3) is 5.12. The molecule has 1 rings (SSSR count). The molecule has 18 heavy (non-hydrogen) atoms. The van der Waals surface area contributed by atoms with Crippen molar-refractivity contribution in [1.82, 2.24) is 5.32 Å². The minimum atomic E-state index is -0.396. The average Bonchev–Trinajstić information content (AvgIpc) is 2.36. The van der Waals surface area contributed by atoms with Crippen LogP contribution in [0.4, 0.5) is 0 Å². The van der Waals surface area contributed by atoms with Gasteiger partial charge in [0.25, 0.3) is 0 Å². The highest BCUT2D eigenvalue weighted by Crippen LogP contribution is 2.22. The lowest BCUT2D eigenvalue weighted by molar-refractivity contribution is 0.437. The Morgan fingerprint density at radius 2 is 2.22 bits per heavy atom. The first-order valence-corrected chi connectivity index (χ1v) is 7.44. The van der Waals surface area contributed by atoms with E-state index in [0.29, 0.717) is 0 Å². The van der Waals surface area contributed by atoms with Gasteiger partial charge in [-0.25, -0.2) is 0 Å². The van der Waals surface area contributed by atoms with E-state index >= 15 is 0 Å². The lowest BCUT2D eigenvalue weighted by Crippen LogP contribution is -2.41. The van der Waals surface area contributed by atoms with Crippen LogP contribution < -0.4 is 5.32 Å². The number of rotatable bonds is 7. The molecule has 0 fully saturated rings. The third-order valence-corrected chi connectivity index (χ3v) is 3.87. The summed E-state index contributed by atoms with van der Waals surface area (Å²) in [7, 11) is 0. The second-order valence-electron chi connectivity index (χ2n) is 4.79. The maximum atomic E-state index is 9.23. The van der Waals surface area contributed by atoms with Crippen molar-refractivity contribution < 1.29 is 0 Å². The molecule has 0 aliphatic rings. The van der Waals surface area contributed by atoms with Crippen molar-refractivity contribution in [2.45, 2.75) is 44.0 Å². The first-order chi connectivity index (χ1) is 8.59. The van der Waals surface area contributed by atoms with Crippen molar-refractivity contribution in [2.24, 2.45) is 0 Å². The molecule has 2 nitrogen and oxygen atoms in total. The van der Waals surface area contributed by atoms with Gasteiger partial charge < -0.3 is 0 Å². The lowest BCUT2D eigenvalue weighted by atomic mass is 10.0. The molecule has 1 aromatic rings. The van der Waals surface area contributed by atoms with Crippen molar-refractivity contribution in [3.8, 4) is 6.07 Å². The number of nitrogens with one attached hydrogen (secondary N) is 1. The number of aryl methyl sites for hydroxylation is 1. The fourth-order valence-corrected chi connectivity index (χ4v) is 2.85. The first-order valence-electron chi connectivity index (χ1n) is 6.45. The van der Waals surface area contributed by atoms with Gasteiger partial charge >= 0.3 is 0 Å². The summed E-state index contributed by atoms with van der Waals surface area (Å²) in [5.41, 5.74) is 0.888. The Labute approximate surface area is 115 Å². The van der Waals surface area contributed by atoms with E-state index < -0.39 is 5.54 Å². The van der Waals surface area contributed by atoms with Gasteiger partial charge in [-0.3, -0.25) is 5.32 Å². The zero-order valence-corrected chi connectivity index (χ0v) is 12.3. The smallest absolute Gasteiger partial charge is 0.104 e. The lowest BCUT2D eigenvalue weighted by Gasteiger charge is -2.22. The van der Waals surface area contributed by atoms with Crippen molar-refractivity contribution in [2.75, 3.05) is 12.3 Å². The monoisotopic (exact) mass is 262 g/mol. The number of thioether (sulfide) groups is 1. The van der Waals surface area contributed by atoms with E-state index in [2.05, 4.69) is 49.5 Å². The third-order valence-electron chi connectivity index (χ3n) is 2.87. The van der Waals surface area contributed by atoms with Crippen molar-refractivity contribution in [3.63, 3.8) is 0 Å². The number of nitriles is 1. The quantitative estimate of drug-likeness (QED) is 0.760. The SMILES string of the molecule is CCCNC(C)(C#N)CCSc1cccc(C)c1. The van der Waals surface area contributed by atoms with Gasteiger partial charge in [-0.2, -0.15) is 5.26 Å². The zero-order chi connectivity index (χ0) is 13.4. The number of nitrogens with zero attached hydrogens (tertiary/aromatic N) is 1. The van der Waals surface area contributed by atoms with E-state index in [0.717, 1.165) is 25.1 Å². The van der Waals surface area contributed by atoms with E-state index in [1.807, 2.05) is 18.7 Å². The Balaban J connectivity index is 2.42. The molecule has 0 heterocycles. The summed E-state index contributed by atoms with van der Waals surface area (Å²) in [6.45, 7) is 7.11. The van der Waals surface area contributed by atoms with Gasteiger partial charge in [0.2, 0.25) is 0 Å². The maximum absolute atomic E-state index is 9.23. The predicted molar refractivity (Wildman–Crippen MR) is 78.8 cm³/mol. The molecular weight excluding hydrogens is 240 g/mol. The van der Waals surface area contributed by atoms with Crippen LogP contribution in [-0.4, -0.2) is 17.8 Å². The molecule has 3 heteroatoms. The molecule has 1 aromatic carbocycles. The fraction of sp³-hybridized carbons (Fsp3) is 0.533. The summed E-state index contributed by atoms with van der Waals surface area (Å²) >= 11 is 1.82. The van der Waals surface area contributed by atoms with Crippen LogP contribution in [0.3, 0.4) is 0 Å². The number of hydrogen-bond acceptors (Lipinski definition) is 3. The van der Waals surface area contributed by atoms with Crippen molar-refractivity contribution in [3.05, 3.63) is 29.8 Å². The predicted octanol–water partition coefficient (Wildman–Crippen LogP) is 3.76. The fourth-order valence-electron chi connectivity index (χ4n) is 1.66. The molecule has 0 spiro atoms. The summed E-state index contributed by atoms with van der Waals surface area (Å²) in [6, 6.07) is 10.9. The van der Waals surface area contributed by atoms with Crippen molar-refractivity contribution >= 4 is 11.8 Å². The molecular formula is C15H22N2S. The van der Waals surface area contributed by atoms with Gasteiger partial charge in [0.1, 0.15) is 5.54 Å². The van der Waals surface area contributed by atoms with Crippen LogP contribution in [0, 0.1) is 18.3 Å². The summed E-state index contributed by atoms with van der Waals surface area (Å²) in [6.07, 6.45) is 1.92. The molecule has 0 radical (unpaired) electrons. The van der Waals surface area contributed by atoms with Crippen molar-refractivity contribution in [1.29, 1.82) is 5.26 Å². The zero-order valence-electron chi connectivity index (χ0n) is 11.5. The second kappa shape index (κ2) is 7.45. The number of benzene rings is 1. The molecule has 98 valence electrons. The Bertz CT molecular complexity index is 411. The molecule has 1 atom stereocenters. The maximum Gasteiger partial charge on any atom is 0.104 e. The molecule has 0 aromatic heterocycles. The van der Waals surface area contributed by atoms with Crippen LogP contribution >= 0.6 is 11.8 Å². The topological polar surface area (TPSA) is 35.8 Å². The van der Waals surface area contributed by atoms with Gasteiger partial charge in [-0.05, 0) is 45.4 Å². The van der Waals surface area contributed by atoms with E-state index in [1.165, 1.54) is 10.5 Å². The van der Waals surface area contributed by atoms with Gasteiger partial charge in [-0.1, -0.05) is 24.6 Å². The van der Waals surface area contributed by atoms with E-state index in [1.54, 1.807) is 0 Å². The van der Waals surface area contributed by atoms with Gasteiger partial charge in [0, 0.05) is 10.6 Å². The van der Waals surface area contributed by atoms with Gasteiger partial charge in [0.05, 0.1) is 6.07 Å². The second-order valence-corrected chi connectivity index (χ2v) is 5.95. The minimum absolute atomic E-state index is 0.396. The van der Waals surface area contributed by atoms with Crippen LogP contribution in [0.1, 0.15) is 32.3 Å². The standard InChI is InChI=1S/C15H22N2S/c1-4-9-17-15(3,12-16)8-10-18-14-7-5-6-13(2)11-14/h5-7,11,17H,4,8-10H2,1-3H3. The van der Waals surface area contributed by atoms with Gasteiger partial charge in [-0.15, -0.1) is 11.8 Å². The molecule has 0 amide bonds. The molecule has 0 aliphatic heterocycles. The Kier molecular flexibility index (Phi) is 6.24. The summed E-state index contributed by atoms with van der Waals surface area (Å²) in [4.78, 5) is 1.28. The van der Waals surface area contributed by atoms with E-state index in [-0.39, 0.29) is 0 Å². The summed E-state index contributed by atoms with van der Waals surface area (Å²) < 4.78 is 0. The molecule has 0 aliphatic carbocycles. The first kappa shape index (κ1) is 15.1. The highest BCUT2D eigenvalue weighted by molar-refractivity contribution is 7.99. The highest BCUT2D eigenvalue weighted by atomic mass is 32.2. The molecule has 0 saturated carbocycles. The van der Waals surface area contributed by atoms with Crippen LogP contribution in [0.15, 0.2) is 29.2 Å². The molecule has 0 saturated heterocycles. The van der Waals surface area contributed by atoms with Crippen LogP contribution in [0.25, 0.3) is 0 Å².